The molecule has 0 bridgehead atoms. The maximum absolute atomic E-state index is 13.4. The van der Waals surface area contributed by atoms with Crippen molar-refractivity contribution in [1.29, 1.82) is 0 Å². The highest BCUT2D eigenvalue weighted by atomic mass is 16.2. The number of fused-ring (bicyclic) bond motifs is 3. The SMILES string of the molecule is CC(C)NC(=O)N1CC[C@@]2(CCn3c2nc2c(c3=O)CN(C(=O)Cc3ccccc3)CC2)C1. The van der Waals surface area contributed by atoms with E-state index in [4.69, 9.17) is 4.98 Å². The first kappa shape index (κ1) is 21.7. The molecule has 2 aromatic rings. The Morgan fingerprint density at radius 1 is 1.09 bits per heavy atom. The van der Waals surface area contributed by atoms with Gasteiger partial charge >= 0.3 is 6.03 Å². The zero-order valence-corrected chi connectivity index (χ0v) is 19.3. The molecule has 8 heteroatoms. The first-order valence-electron chi connectivity index (χ1n) is 11.9. The van der Waals surface area contributed by atoms with E-state index in [1.165, 1.54) is 0 Å². The average Bonchev–Trinajstić information content (AvgIpc) is 3.39. The van der Waals surface area contributed by atoms with Crippen molar-refractivity contribution in [3.63, 3.8) is 0 Å². The van der Waals surface area contributed by atoms with Crippen molar-refractivity contribution in [3.8, 4) is 0 Å². The molecular formula is C25H31N5O3. The van der Waals surface area contributed by atoms with Gasteiger partial charge in [0.15, 0.2) is 0 Å². The molecule has 33 heavy (non-hydrogen) atoms. The molecule has 0 unspecified atom stereocenters. The average molecular weight is 450 g/mol. The Hall–Kier alpha value is -3.16. The molecule has 3 aliphatic rings. The molecule has 174 valence electrons. The summed E-state index contributed by atoms with van der Waals surface area (Å²) in [5.41, 5.74) is 2.18. The van der Waals surface area contributed by atoms with Crippen LogP contribution in [0.1, 0.15) is 49.3 Å². The molecule has 1 aromatic carbocycles. The van der Waals surface area contributed by atoms with Crippen molar-refractivity contribution in [3.05, 3.63) is 63.3 Å². The van der Waals surface area contributed by atoms with Gasteiger partial charge in [-0.15, -0.1) is 0 Å². The lowest BCUT2D eigenvalue weighted by Crippen LogP contribution is -2.44. The number of hydrogen-bond donors (Lipinski definition) is 1. The predicted octanol–water partition coefficient (Wildman–Crippen LogP) is 1.84. The Bertz CT molecular complexity index is 1140. The molecule has 0 aliphatic carbocycles. The van der Waals surface area contributed by atoms with Gasteiger partial charge in [-0.2, -0.15) is 0 Å². The molecule has 5 rings (SSSR count). The zero-order valence-electron chi connectivity index (χ0n) is 19.3. The molecule has 0 radical (unpaired) electrons. The lowest BCUT2D eigenvalue weighted by atomic mass is 9.85. The van der Waals surface area contributed by atoms with Crippen molar-refractivity contribution in [1.82, 2.24) is 24.7 Å². The molecule has 8 nitrogen and oxygen atoms in total. The smallest absolute Gasteiger partial charge is 0.317 e. The molecular weight excluding hydrogens is 418 g/mol. The van der Waals surface area contributed by atoms with Crippen LogP contribution in [0.15, 0.2) is 35.1 Å². The van der Waals surface area contributed by atoms with Crippen molar-refractivity contribution < 1.29 is 9.59 Å². The second-order valence-corrected chi connectivity index (χ2v) is 9.85. The third-order valence-corrected chi connectivity index (χ3v) is 7.21. The number of hydrogen-bond acceptors (Lipinski definition) is 4. The van der Waals surface area contributed by atoms with Gasteiger partial charge in [-0.1, -0.05) is 30.3 Å². The fraction of sp³-hybridized carbons (Fsp3) is 0.520. The van der Waals surface area contributed by atoms with Crippen LogP contribution in [0.25, 0.3) is 0 Å². The van der Waals surface area contributed by atoms with Crippen molar-refractivity contribution in [2.45, 2.75) is 64.1 Å². The van der Waals surface area contributed by atoms with Crippen LogP contribution < -0.4 is 10.9 Å². The Morgan fingerprint density at radius 3 is 2.61 bits per heavy atom. The number of urea groups is 1. The number of likely N-dealkylation sites (tertiary alicyclic amines) is 1. The topological polar surface area (TPSA) is 87.5 Å². The van der Waals surface area contributed by atoms with E-state index in [0.29, 0.717) is 51.1 Å². The van der Waals surface area contributed by atoms with Gasteiger partial charge < -0.3 is 15.1 Å². The molecule has 4 heterocycles. The second-order valence-electron chi connectivity index (χ2n) is 9.85. The Kier molecular flexibility index (Phi) is 5.46. The van der Waals surface area contributed by atoms with E-state index in [0.717, 1.165) is 29.9 Å². The number of nitrogens with one attached hydrogen (secondary N) is 1. The van der Waals surface area contributed by atoms with Crippen LogP contribution in [0.3, 0.4) is 0 Å². The molecule has 1 aromatic heterocycles. The van der Waals surface area contributed by atoms with Crippen LogP contribution in [0, 0.1) is 0 Å². The molecule has 1 N–H and O–H groups in total. The van der Waals surface area contributed by atoms with Gasteiger partial charge in [-0.25, -0.2) is 9.78 Å². The normalized spacial score (nSPS) is 21.4. The molecule has 1 spiro atoms. The minimum absolute atomic E-state index is 0.0193. The lowest BCUT2D eigenvalue weighted by Gasteiger charge is -2.30. The molecule has 1 atom stereocenters. The summed E-state index contributed by atoms with van der Waals surface area (Å²) in [6.07, 6.45) is 2.57. The van der Waals surface area contributed by atoms with Crippen LogP contribution in [0.4, 0.5) is 4.79 Å². The van der Waals surface area contributed by atoms with E-state index in [9.17, 15) is 14.4 Å². The molecule has 3 aliphatic heterocycles. The monoisotopic (exact) mass is 449 g/mol. The molecule has 1 saturated heterocycles. The maximum Gasteiger partial charge on any atom is 0.317 e. The quantitative estimate of drug-likeness (QED) is 0.775. The van der Waals surface area contributed by atoms with E-state index in [1.807, 2.05) is 49.1 Å². The highest BCUT2D eigenvalue weighted by Gasteiger charge is 2.48. The number of amides is 3. The number of aromatic nitrogens is 2. The van der Waals surface area contributed by atoms with Gasteiger partial charge in [-0.05, 0) is 32.3 Å². The van der Waals surface area contributed by atoms with Crippen LogP contribution in [-0.4, -0.2) is 57.0 Å². The number of carbonyl (C=O) groups excluding carboxylic acids is 2. The van der Waals surface area contributed by atoms with Gasteiger partial charge in [0, 0.05) is 44.1 Å². The van der Waals surface area contributed by atoms with Gasteiger partial charge in [0.05, 0.1) is 24.2 Å². The molecule has 0 saturated carbocycles. The fourth-order valence-electron chi connectivity index (χ4n) is 5.43. The Balaban J connectivity index is 1.36. The molecule has 1 fully saturated rings. The second kappa shape index (κ2) is 8.32. The van der Waals surface area contributed by atoms with Crippen molar-refractivity contribution >= 4 is 11.9 Å². The summed E-state index contributed by atoms with van der Waals surface area (Å²) in [6.45, 7) is 6.69. The number of nitrogens with zero attached hydrogens (tertiary/aromatic N) is 4. The van der Waals surface area contributed by atoms with E-state index < -0.39 is 0 Å². The highest BCUT2D eigenvalue weighted by Crippen LogP contribution is 2.41. The van der Waals surface area contributed by atoms with Gasteiger partial charge in [-0.3, -0.25) is 14.2 Å². The summed E-state index contributed by atoms with van der Waals surface area (Å²) in [5.74, 6) is 0.867. The summed E-state index contributed by atoms with van der Waals surface area (Å²) in [6, 6.07) is 9.74. The summed E-state index contributed by atoms with van der Waals surface area (Å²) < 4.78 is 1.80. The highest BCUT2D eigenvalue weighted by molar-refractivity contribution is 5.79. The summed E-state index contributed by atoms with van der Waals surface area (Å²) in [4.78, 5) is 47.4. The fourth-order valence-corrected chi connectivity index (χ4v) is 5.43. The van der Waals surface area contributed by atoms with Gasteiger partial charge in [0.25, 0.3) is 5.56 Å². The summed E-state index contributed by atoms with van der Waals surface area (Å²) in [7, 11) is 0. The Morgan fingerprint density at radius 2 is 1.85 bits per heavy atom. The Labute approximate surface area is 193 Å². The largest absolute Gasteiger partial charge is 0.337 e. The molecule has 3 amide bonds. The first-order valence-corrected chi connectivity index (χ1v) is 11.9. The first-order chi connectivity index (χ1) is 15.9. The van der Waals surface area contributed by atoms with E-state index in [1.54, 1.807) is 9.47 Å². The van der Waals surface area contributed by atoms with Crippen LogP contribution >= 0.6 is 0 Å². The van der Waals surface area contributed by atoms with E-state index in [2.05, 4.69) is 5.32 Å². The minimum Gasteiger partial charge on any atom is -0.337 e. The predicted molar refractivity (Wildman–Crippen MR) is 124 cm³/mol. The van der Waals surface area contributed by atoms with Crippen LogP contribution in [0.5, 0.6) is 0 Å². The number of benzene rings is 1. The third-order valence-electron chi connectivity index (χ3n) is 7.21. The van der Waals surface area contributed by atoms with Crippen LogP contribution in [-0.2, 0) is 36.1 Å². The summed E-state index contributed by atoms with van der Waals surface area (Å²) in [5, 5.41) is 2.97. The summed E-state index contributed by atoms with van der Waals surface area (Å²) >= 11 is 0. The van der Waals surface area contributed by atoms with E-state index in [-0.39, 0.29) is 29.0 Å². The van der Waals surface area contributed by atoms with E-state index >= 15 is 0 Å². The van der Waals surface area contributed by atoms with Gasteiger partial charge in [0.1, 0.15) is 5.82 Å². The number of carbonyl (C=O) groups is 2. The minimum atomic E-state index is -0.247. The number of rotatable bonds is 3. The maximum atomic E-state index is 13.4. The van der Waals surface area contributed by atoms with Crippen molar-refractivity contribution in [2.75, 3.05) is 19.6 Å². The zero-order chi connectivity index (χ0) is 23.2. The lowest BCUT2D eigenvalue weighted by molar-refractivity contribution is -0.131. The van der Waals surface area contributed by atoms with Crippen molar-refractivity contribution in [2.24, 2.45) is 0 Å². The third kappa shape index (κ3) is 3.92. The van der Waals surface area contributed by atoms with Crippen LogP contribution in [0.2, 0.25) is 0 Å². The standard InChI is InChI=1S/C25H31N5O3/c1-17(2)26-24(33)29-12-9-25(16-29)10-13-30-22(32)19-15-28(11-8-20(19)27-23(25)30)21(31)14-18-6-4-3-5-7-18/h3-7,17H,8-16H2,1-2H3,(H,26,33)/t25-/m1/s1. The van der Waals surface area contributed by atoms with Gasteiger partial charge in [0.2, 0.25) is 5.91 Å².